The molecule has 1 N–H and O–H groups in total. The molecule has 0 saturated carbocycles. The van der Waals surface area contributed by atoms with Crippen molar-refractivity contribution >= 4 is 28.8 Å². The molecule has 30 heavy (non-hydrogen) atoms. The van der Waals surface area contributed by atoms with Gasteiger partial charge in [0.1, 0.15) is 0 Å². The molecule has 0 radical (unpaired) electrons. The number of aromatic nitrogens is 4. The van der Waals surface area contributed by atoms with Gasteiger partial charge in [0.05, 0.1) is 0 Å². The van der Waals surface area contributed by atoms with Gasteiger partial charge < -0.3 is 15.1 Å². The Balaban J connectivity index is 1.37. The summed E-state index contributed by atoms with van der Waals surface area (Å²) in [5.74, 6) is 2.16. The van der Waals surface area contributed by atoms with E-state index in [1.807, 2.05) is 23.1 Å². The number of amides is 1. The molecule has 156 valence electrons. The highest BCUT2D eigenvalue weighted by atomic mass is 16.6. The van der Waals surface area contributed by atoms with Crippen LogP contribution in [0.3, 0.4) is 0 Å². The standard InChI is InChI=1S/C21H25N7O2/c29-17-9-5-10-27(17)13-16-8-4-11-28(14-16)21-20(22-12-15-6-2-1-3-7-15)23-18-19(24-21)26-30-25-18/h1-3,6-7,16H,4-5,8-14H2,(H,22,23,25). The number of hydrogen-bond acceptors (Lipinski definition) is 8. The largest absolute Gasteiger partial charge is 0.363 e. The van der Waals surface area contributed by atoms with Crippen LogP contribution in [0.2, 0.25) is 0 Å². The lowest BCUT2D eigenvalue weighted by atomic mass is 9.97. The molecule has 9 nitrogen and oxygen atoms in total. The van der Waals surface area contributed by atoms with E-state index in [1.54, 1.807) is 0 Å². The summed E-state index contributed by atoms with van der Waals surface area (Å²) in [6.07, 6.45) is 3.84. The first kappa shape index (κ1) is 18.8. The maximum atomic E-state index is 12.0. The quantitative estimate of drug-likeness (QED) is 0.665. The van der Waals surface area contributed by atoms with Gasteiger partial charge in [-0.25, -0.2) is 14.6 Å². The first-order valence-electron chi connectivity index (χ1n) is 10.6. The average molecular weight is 407 g/mol. The molecule has 1 unspecified atom stereocenters. The van der Waals surface area contributed by atoms with Gasteiger partial charge in [-0.15, -0.1) is 0 Å². The van der Waals surface area contributed by atoms with Crippen molar-refractivity contribution < 1.29 is 9.42 Å². The Morgan fingerprint density at radius 2 is 1.90 bits per heavy atom. The zero-order valence-electron chi connectivity index (χ0n) is 16.8. The van der Waals surface area contributed by atoms with Crippen molar-refractivity contribution in [2.45, 2.75) is 32.2 Å². The summed E-state index contributed by atoms with van der Waals surface area (Å²) in [5.41, 5.74) is 1.96. The van der Waals surface area contributed by atoms with Crippen LogP contribution in [0.5, 0.6) is 0 Å². The molecule has 9 heteroatoms. The molecule has 1 atom stereocenters. The van der Waals surface area contributed by atoms with E-state index in [9.17, 15) is 4.79 Å². The second-order valence-electron chi connectivity index (χ2n) is 8.04. The number of likely N-dealkylation sites (tertiary alicyclic amines) is 1. The highest BCUT2D eigenvalue weighted by Crippen LogP contribution is 2.29. The van der Waals surface area contributed by atoms with Gasteiger partial charge in [0.25, 0.3) is 0 Å². The van der Waals surface area contributed by atoms with Crippen LogP contribution in [-0.2, 0) is 11.3 Å². The highest BCUT2D eigenvalue weighted by molar-refractivity contribution is 5.78. The first-order chi connectivity index (χ1) is 14.8. The molecule has 1 amide bonds. The van der Waals surface area contributed by atoms with Crippen LogP contribution in [0.25, 0.3) is 11.3 Å². The van der Waals surface area contributed by atoms with Gasteiger partial charge in [0.15, 0.2) is 11.6 Å². The van der Waals surface area contributed by atoms with Gasteiger partial charge in [-0.05, 0) is 41.1 Å². The molecular weight excluding hydrogens is 382 g/mol. The predicted molar refractivity (Wildman–Crippen MR) is 112 cm³/mol. The fraction of sp³-hybridized carbons (Fsp3) is 0.476. The topological polar surface area (TPSA) is 100 Å². The van der Waals surface area contributed by atoms with Crippen LogP contribution < -0.4 is 10.2 Å². The predicted octanol–water partition coefficient (Wildman–Crippen LogP) is 2.46. The third-order valence-corrected chi connectivity index (χ3v) is 5.87. The molecule has 5 rings (SSSR count). The van der Waals surface area contributed by atoms with Crippen molar-refractivity contribution in [1.82, 2.24) is 25.2 Å². The van der Waals surface area contributed by atoms with Crippen molar-refractivity contribution in [3.05, 3.63) is 35.9 Å². The Hall–Kier alpha value is -3.23. The summed E-state index contributed by atoms with van der Waals surface area (Å²) in [7, 11) is 0. The monoisotopic (exact) mass is 407 g/mol. The molecule has 0 spiro atoms. The molecule has 2 aliphatic heterocycles. The number of benzene rings is 1. The summed E-state index contributed by atoms with van der Waals surface area (Å²) >= 11 is 0. The number of carbonyl (C=O) groups is 1. The molecule has 1 aromatic carbocycles. The molecular formula is C21H25N7O2. The zero-order valence-corrected chi connectivity index (χ0v) is 16.8. The average Bonchev–Trinajstić information content (AvgIpc) is 3.41. The number of hydrogen-bond donors (Lipinski definition) is 1. The van der Waals surface area contributed by atoms with Gasteiger partial charge in [-0.2, -0.15) is 0 Å². The van der Waals surface area contributed by atoms with Gasteiger partial charge >= 0.3 is 0 Å². The zero-order chi connectivity index (χ0) is 20.3. The third kappa shape index (κ3) is 3.92. The number of rotatable bonds is 6. The molecule has 0 bridgehead atoms. The molecule has 2 fully saturated rings. The number of carbonyl (C=O) groups excluding carboxylic acids is 1. The van der Waals surface area contributed by atoms with E-state index in [1.165, 1.54) is 0 Å². The van der Waals surface area contributed by atoms with Gasteiger partial charge in [-0.1, -0.05) is 30.3 Å². The second-order valence-corrected chi connectivity index (χ2v) is 8.04. The summed E-state index contributed by atoms with van der Waals surface area (Å²) < 4.78 is 4.83. The number of anilines is 2. The minimum atomic E-state index is 0.284. The maximum absolute atomic E-state index is 12.0. The minimum absolute atomic E-state index is 0.284. The van der Waals surface area contributed by atoms with Crippen molar-refractivity contribution in [2.75, 3.05) is 36.4 Å². The summed E-state index contributed by atoms with van der Waals surface area (Å²) in [6.45, 7) is 4.09. The minimum Gasteiger partial charge on any atom is -0.363 e. The van der Waals surface area contributed by atoms with E-state index < -0.39 is 0 Å². The van der Waals surface area contributed by atoms with Gasteiger partial charge in [0, 0.05) is 39.1 Å². The van der Waals surface area contributed by atoms with Crippen LogP contribution in [0.15, 0.2) is 35.0 Å². The molecule has 2 saturated heterocycles. The van der Waals surface area contributed by atoms with E-state index in [-0.39, 0.29) is 5.91 Å². The Morgan fingerprint density at radius 3 is 2.70 bits per heavy atom. The summed E-state index contributed by atoms with van der Waals surface area (Å²) in [4.78, 5) is 25.6. The van der Waals surface area contributed by atoms with E-state index in [2.05, 4.69) is 37.6 Å². The van der Waals surface area contributed by atoms with Crippen LogP contribution in [-0.4, -0.2) is 57.3 Å². The Bertz CT molecular complexity index is 1020. The maximum Gasteiger partial charge on any atom is 0.245 e. The van der Waals surface area contributed by atoms with Crippen LogP contribution >= 0.6 is 0 Å². The lowest BCUT2D eigenvalue weighted by Crippen LogP contribution is -2.42. The Morgan fingerprint density at radius 1 is 1.07 bits per heavy atom. The van der Waals surface area contributed by atoms with Crippen molar-refractivity contribution in [3.63, 3.8) is 0 Å². The number of nitrogens with zero attached hydrogens (tertiary/aromatic N) is 6. The number of fused-ring (bicyclic) bond motifs is 1. The van der Waals surface area contributed by atoms with E-state index in [0.717, 1.165) is 56.8 Å². The highest BCUT2D eigenvalue weighted by Gasteiger charge is 2.29. The SMILES string of the molecule is O=C1CCCN1CC1CCCN(c2nc3nonc3nc2NCc2ccccc2)C1. The van der Waals surface area contributed by atoms with Gasteiger partial charge in [-0.3, -0.25) is 4.79 Å². The normalized spacial score (nSPS) is 19.6. The summed E-state index contributed by atoms with van der Waals surface area (Å²) in [6, 6.07) is 10.2. The number of piperidine rings is 1. The number of nitrogens with one attached hydrogen (secondary N) is 1. The van der Waals surface area contributed by atoms with Crippen LogP contribution in [0.4, 0.5) is 11.6 Å². The lowest BCUT2D eigenvalue weighted by Gasteiger charge is -2.35. The third-order valence-electron chi connectivity index (χ3n) is 5.87. The molecule has 3 aromatic rings. The molecule has 2 aliphatic rings. The van der Waals surface area contributed by atoms with Crippen molar-refractivity contribution in [1.29, 1.82) is 0 Å². The summed E-state index contributed by atoms with van der Waals surface area (Å²) in [5, 5.41) is 11.1. The second kappa shape index (κ2) is 8.25. The fourth-order valence-corrected chi connectivity index (χ4v) is 4.37. The fourth-order valence-electron chi connectivity index (χ4n) is 4.37. The first-order valence-corrected chi connectivity index (χ1v) is 10.6. The van der Waals surface area contributed by atoms with Crippen LogP contribution in [0, 0.1) is 5.92 Å². The van der Waals surface area contributed by atoms with E-state index in [0.29, 0.717) is 36.0 Å². The van der Waals surface area contributed by atoms with E-state index in [4.69, 9.17) is 9.61 Å². The van der Waals surface area contributed by atoms with Crippen molar-refractivity contribution in [3.8, 4) is 0 Å². The lowest BCUT2D eigenvalue weighted by molar-refractivity contribution is -0.128. The van der Waals surface area contributed by atoms with Crippen LogP contribution in [0.1, 0.15) is 31.2 Å². The van der Waals surface area contributed by atoms with Gasteiger partial charge in [0.2, 0.25) is 17.2 Å². The molecule has 0 aliphatic carbocycles. The van der Waals surface area contributed by atoms with E-state index >= 15 is 0 Å². The molecule has 2 aromatic heterocycles. The smallest absolute Gasteiger partial charge is 0.245 e. The van der Waals surface area contributed by atoms with Crippen molar-refractivity contribution in [2.24, 2.45) is 5.92 Å². The Kier molecular flexibility index (Phi) is 5.17. The Labute approximate surface area is 174 Å². The molecule has 4 heterocycles.